The fraction of sp³-hybridized carbons (Fsp3) is 0.579. The lowest BCUT2D eigenvalue weighted by molar-refractivity contribution is 0.0941. The molecule has 2 saturated heterocycles. The van der Waals surface area contributed by atoms with Crippen molar-refractivity contribution in [2.24, 2.45) is 0 Å². The minimum absolute atomic E-state index is 0.0983. The molecule has 9 nitrogen and oxygen atoms in total. The summed E-state index contributed by atoms with van der Waals surface area (Å²) in [5.41, 5.74) is 0.497. The molecule has 0 aliphatic carbocycles. The molecule has 0 aromatic carbocycles. The molecule has 150 valence electrons. The highest BCUT2D eigenvalue weighted by Gasteiger charge is 2.20. The minimum Gasteiger partial charge on any atom is -0.349 e. The van der Waals surface area contributed by atoms with E-state index in [1.807, 2.05) is 23.0 Å². The Bertz CT molecular complexity index is 750. The van der Waals surface area contributed by atoms with Crippen LogP contribution in [0.4, 0.5) is 5.95 Å². The number of carbonyl (C=O) groups excluding carboxylic acids is 1. The van der Waals surface area contributed by atoms with Gasteiger partial charge in [-0.3, -0.25) is 14.4 Å². The minimum atomic E-state index is -0.0983. The SMILES string of the molecule is O=C(NCCN1CCN(c2ncccn2)CC1)c1ccn(C2CCCNC2)n1. The van der Waals surface area contributed by atoms with Crippen molar-refractivity contribution in [1.82, 2.24) is 35.3 Å². The average Bonchev–Trinajstić information content (AvgIpc) is 3.26. The van der Waals surface area contributed by atoms with Crippen LogP contribution in [0.3, 0.4) is 0 Å². The number of carbonyl (C=O) groups is 1. The first-order valence-electron chi connectivity index (χ1n) is 10.1. The van der Waals surface area contributed by atoms with Crippen molar-refractivity contribution in [3.8, 4) is 0 Å². The molecule has 2 fully saturated rings. The Morgan fingerprint density at radius 3 is 2.79 bits per heavy atom. The molecule has 2 aromatic rings. The van der Waals surface area contributed by atoms with Crippen molar-refractivity contribution >= 4 is 11.9 Å². The highest BCUT2D eigenvalue weighted by Crippen LogP contribution is 2.15. The molecule has 4 heterocycles. The number of hydrogen-bond donors (Lipinski definition) is 2. The van der Waals surface area contributed by atoms with Crippen molar-refractivity contribution in [1.29, 1.82) is 0 Å². The van der Waals surface area contributed by atoms with E-state index in [0.29, 0.717) is 18.3 Å². The first kappa shape index (κ1) is 18.8. The second-order valence-corrected chi connectivity index (χ2v) is 7.31. The van der Waals surface area contributed by atoms with Gasteiger partial charge in [0, 0.05) is 64.4 Å². The predicted molar refractivity (Wildman–Crippen MR) is 106 cm³/mol. The topological polar surface area (TPSA) is 91.2 Å². The van der Waals surface area contributed by atoms with E-state index < -0.39 is 0 Å². The third-order valence-corrected chi connectivity index (χ3v) is 5.41. The highest BCUT2D eigenvalue weighted by atomic mass is 16.1. The number of nitrogens with one attached hydrogen (secondary N) is 2. The number of hydrogen-bond acceptors (Lipinski definition) is 7. The molecular weight excluding hydrogens is 356 g/mol. The molecule has 0 spiro atoms. The van der Waals surface area contributed by atoms with Gasteiger partial charge < -0.3 is 15.5 Å². The van der Waals surface area contributed by atoms with Gasteiger partial charge >= 0.3 is 0 Å². The molecule has 0 radical (unpaired) electrons. The summed E-state index contributed by atoms with van der Waals surface area (Å²) < 4.78 is 1.92. The van der Waals surface area contributed by atoms with Crippen molar-refractivity contribution < 1.29 is 4.79 Å². The van der Waals surface area contributed by atoms with Crippen LogP contribution in [0.15, 0.2) is 30.7 Å². The van der Waals surface area contributed by atoms with Crippen molar-refractivity contribution in [2.75, 3.05) is 57.3 Å². The molecule has 2 aliphatic rings. The van der Waals surface area contributed by atoms with E-state index in [0.717, 1.165) is 64.6 Å². The molecule has 2 N–H and O–H groups in total. The maximum atomic E-state index is 12.4. The number of anilines is 1. The van der Waals surface area contributed by atoms with Gasteiger partial charge in [-0.2, -0.15) is 5.10 Å². The van der Waals surface area contributed by atoms with Crippen LogP contribution in [0.25, 0.3) is 0 Å². The number of rotatable bonds is 6. The zero-order chi connectivity index (χ0) is 19.2. The largest absolute Gasteiger partial charge is 0.349 e. The van der Waals surface area contributed by atoms with Crippen LogP contribution in [-0.4, -0.2) is 82.9 Å². The van der Waals surface area contributed by atoms with Gasteiger partial charge in [-0.05, 0) is 31.5 Å². The summed E-state index contributed by atoms with van der Waals surface area (Å²) in [6.45, 7) is 7.13. The third kappa shape index (κ3) is 4.66. The fourth-order valence-corrected chi connectivity index (χ4v) is 3.77. The molecule has 4 rings (SSSR count). The number of aromatic nitrogens is 4. The van der Waals surface area contributed by atoms with Gasteiger partial charge in [0.05, 0.1) is 6.04 Å². The molecule has 28 heavy (non-hydrogen) atoms. The Hall–Kier alpha value is -2.52. The van der Waals surface area contributed by atoms with Gasteiger partial charge in [-0.15, -0.1) is 0 Å². The monoisotopic (exact) mass is 384 g/mol. The van der Waals surface area contributed by atoms with Crippen LogP contribution in [0.5, 0.6) is 0 Å². The number of piperidine rings is 1. The first-order chi connectivity index (χ1) is 13.8. The standard InChI is InChI=1S/C19H28N8O/c28-18(17-4-9-27(24-17)16-3-1-5-20-15-16)21-8-10-25-11-13-26(14-12-25)19-22-6-2-7-23-19/h2,4,6-7,9,16,20H,1,3,5,8,10-15H2,(H,21,28). The van der Waals surface area contributed by atoms with Crippen molar-refractivity contribution in [3.05, 3.63) is 36.4 Å². The lowest BCUT2D eigenvalue weighted by Crippen LogP contribution is -2.49. The smallest absolute Gasteiger partial charge is 0.271 e. The number of amides is 1. The van der Waals surface area contributed by atoms with Crippen LogP contribution in [0, 0.1) is 0 Å². The van der Waals surface area contributed by atoms with E-state index in [1.165, 1.54) is 0 Å². The quantitative estimate of drug-likeness (QED) is 0.733. The first-order valence-corrected chi connectivity index (χ1v) is 10.1. The summed E-state index contributed by atoms with van der Waals surface area (Å²) in [4.78, 5) is 25.5. The van der Waals surface area contributed by atoms with Crippen LogP contribution < -0.4 is 15.5 Å². The Kier molecular flexibility index (Phi) is 6.13. The summed E-state index contributed by atoms with van der Waals surface area (Å²) in [7, 11) is 0. The Labute approximate surface area is 165 Å². The Morgan fingerprint density at radius 2 is 2.04 bits per heavy atom. The van der Waals surface area contributed by atoms with E-state index >= 15 is 0 Å². The second-order valence-electron chi connectivity index (χ2n) is 7.31. The normalized spacial score (nSPS) is 20.9. The number of piperazine rings is 1. The van der Waals surface area contributed by atoms with Crippen LogP contribution in [-0.2, 0) is 0 Å². The van der Waals surface area contributed by atoms with E-state index in [9.17, 15) is 4.79 Å². The summed E-state index contributed by atoms with van der Waals surface area (Å²) in [6, 6.07) is 3.99. The second kappa shape index (κ2) is 9.11. The molecule has 0 bridgehead atoms. The van der Waals surface area contributed by atoms with Gasteiger partial charge in [0.1, 0.15) is 5.69 Å². The molecular formula is C19H28N8O. The van der Waals surface area contributed by atoms with Crippen LogP contribution >= 0.6 is 0 Å². The summed E-state index contributed by atoms with van der Waals surface area (Å²) in [5.74, 6) is 0.693. The van der Waals surface area contributed by atoms with Crippen LogP contribution in [0.2, 0.25) is 0 Å². The maximum Gasteiger partial charge on any atom is 0.271 e. The summed E-state index contributed by atoms with van der Waals surface area (Å²) in [6.07, 6.45) is 7.72. The summed E-state index contributed by atoms with van der Waals surface area (Å²) >= 11 is 0. The fourth-order valence-electron chi connectivity index (χ4n) is 3.77. The Balaban J connectivity index is 1.18. The zero-order valence-electron chi connectivity index (χ0n) is 16.1. The lowest BCUT2D eigenvalue weighted by Gasteiger charge is -2.34. The van der Waals surface area contributed by atoms with Crippen LogP contribution in [0.1, 0.15) is 29.4 Å². The van der Waals surface area contributed by atoms with E-state index in [1.54, 1.807) is 12.4 Å². The summed E-state index contributed by atoms with van der Waals surface area (Å²) in [5, 5.41) is 10.8. The predicted octanol–water partition coefficient (Wildman–Crippen LogP) is 0.150. The molecule has 9 heteroatoms. The van der Waals surface area contributed by atoms with Gasteiger partial charge in [0.2, 0.25) is 5.95 Å². The number of nitrogens with zero attached hydrogens (tertiary/aromatic N) is 6. The molecule has 2 aliphatic heterocycles. The molecule has 1 unspecified atom stereocenters. The van der Waals surface area contributed by atoms with Gasteiger partial charge in [-0.25, -0.2) is 9.97 Å². The average molecular weight is 384 g/mol. The lowest BCUT2D eigenvalue weighted by atomic mass is 10.1. The van der Waals surface area contributed by atoms with E-state index in [2.05, 4.69) is 35.5 Å². The maximum absolute atomic E-state index is 12.4. The highest BCUT2D eigenvalue weighted by molar-refractivity contribution is 5.92. The van der Waals surface area contributed by atoms with Gasteiger partial charge in [-0.1, -0.05) is 0 Å². The zero-order valence-corrected chi connectivity index (χ0v) is 16.1. The van der Waals surface area contributed by atoms with E-state index in [4.69, 9.17) is 0 Å². The van der Waals surface area contributed by atoms with Gasteiger partial charge in [0.25, 0.3) is 5.91 Å². The van der Waals surface area contributed by atoms with Crippen molar-refractivity contribution in [2.45, 2.75) is 18.9 Å². The molecule has 0 saturated carbocycles. The molecule has 1 atom stereocenters. The molecule has 2 aromatic heterocycles. The third-order valence-electron chi connectivity index (χ3n) is 5.41. The Morgan fingerprint density at radius 1 is 1.21 bits per heavy atom. The van der Waals surface area contributed by atoms with Crippen molar-refractivity contribution in [3.63, 3.8) is 0 Å². The van der Waals surface area contributed by atoms with Gasteiger partial charge in [0.15, 0.2) is 0 Å². The van der Waals surface area contributed by atoms with E-state index in [-0.39, 0.29) is 5.91 Å². The molecule has 1 amide bonds.